The standard InChI is InChI=1S/C23H21ClN4O2/c1-14-3-6-17(9-19(14)21-22(24)27-20(26-21)13-30-2)23(29)28-11-18(12-28)16-7-4-15(10-25)5-8-16/h3-9,18H,11-13H2,1-2H3,(H,26,27). The first-order chi connectivity index (χ1) is 14.5. The fraction of sp³-hybridized carbons (Fsp3) is 0.261. The first-order valence-corrected chi connectivity index (χ1v) is 10.0. The molecule has 0 unspecified atom stereocenters. The lowest BCUT2D eigenvalue weighted by Gasteiger charge is -2.39. The lowest BCUT2D eigenvalue weighted by Crippen LogP contribution is -2.48. The number of aryl methyl sites for hydroxylation is 1. The topological polar surface area (TPSA) is 82.0 Å². The van der Waals surface area contributed by atoms with E-state index in [9.17, 15) is 4.79 Å². The van der Waals surface area contributed by atoms with Gasteiger partial charge in [-0.3, -0.25) is 4.79 Å². The molecule has 1 saturated heterocycles. The molecule has 0 radical (unpaired) electrons. The highest BCUT2D eigenvalue weighted by Crippen LogP contribution is 2.32. The summed E-state index contributed by atoms with van der Waals surface area (Å²) in [5, 5.41) is 9.35. The van der Waals surface area contributed by atoms with Gasteiger partial charge in [0.25, 0.3) is 5.91 Å². The number of carbonyl (C=O) groups is 1. The van der Waals surface area contributed by atoms with Crippen LogP contribution in [0.4, 0.5) is 0 Å². The number of ether oxygens (including phenoxy) is 1. The molecule has 152 valence electrons. The number of H-pyrrole nitrogens is 1. The maximum absolute atomic E-state index is 13.0. The first-order valence-electron chi connectivity index (χ1n) is 9.64. The monoisotopic (exact) mass is 420 g/mol. The van der Waals surface area contributed by atoms with Gasteiger partial charge in [0.2, 0.25) is 0 Å². The van der Waals surface area contributed by atoms with E-state index in [4.69, 9.17) is 21.6 Å². The average molecular weight is 421 g/mol. The number of carbonyl (C=O) groups excluding carboxylic acids is 1. The Balaban J connectivity index is 1.50. The molecule has 0 bridgehead atoms. The third-order valence-electron chi connectivity index (χ3n) is 5.41. The van der Waals surface area contributed by atoms with Crippen LogP contribution in [0.15, 0.2) is 42.5 Å². The van der Waals surface area contributed by atoms with E-state index in [0.29, 0.717) is 53.4 Å². The van der Waals surface area contributed by atoms with Crippen molar-refractivity contribution in [1.82, 2.24) is 14.9 Å². The zero-order valence-electron chi connectivity index (χ0n) is 16.8. The first kappa shape index (κ1) is 20.1. The number of benzene rings is 2. The van der Waals surface area contributed by atoms with E-state index in [2.05, 4.69) is 16.0 Å². The highest BCUT2D eigenvalue weighted by atomic mass is 35.5. The van der Waals surface area contributed by atoms with Crippen LogP contribution in [-0.2, 0) is 11.3 Å². The third kappa shape index (κ3) is 3.82. The number of hydrogen-bond donors (Lipinski definition) is 1. The van der Waals surface area contributed by atoms with Crippen LogP contribution in [0.5, 0.6) is 0 Å². The van der Waals surface area contributed by atoms with Crippen LogP contribution in [0.25, 0.3) is 11.3 Å². The number of rotatable bonds is 5. The molecule has 0 atom stereocenters. The highest BCUT2D eigenvalue weighted by molar-refractivity contribution is 6.32. The van der Waals surface area contributed by atoms with Gasteiger partial charge in [-0.25, -0.2) is 4.98 Å². The number of aromatic nitrogens is 2. The number of nitrogens with one attached hydrogen (secondary N) is 1. The number of amides is 1. The molecule has 6 nitrogen and oxygen atoms in total. The minimum absolute atomic E-state index is 0.00934. The Morgan fingerprint density at radius 3 is 2.70 bits per heavy atom. The Morgan fingerprint density at radius 1 is 1.30 bits per heavy atom. The molecule has 2 aromatic carbocycles. The summed E-state index contributed by atoms with van der Waals surface area (Å²) in [7, 11) is 1.60. The smallest absolute Gasteiger partial charge is 0.253 e. The predicted octanol–water partition coefficient (Wildman–Crippen LogP) is 4.30. The van der Waals surface area contributed by atoms with Crippen molar-refractivity contribution in [2.24, 2.45) is 0 Å². The molecule has 1 amide bonds. The van der Waals surface area contributed by atoms with Gasteiger partial charge in [0.1, 0.15) is 23.3 Å². The van der Waals surface area contributed by atoms with Crippen molar-refractivity contribution in [3.8, 4) is 17.3 Å². The Morgan fingerprint density at radius 2 is 2.03 bits per heavy atom. The fourth-order valence-electron chi connectivity index (χ4n) is 3.66. The van der Waals surface area contributed by atoms with Crippen LogP contribution in [0.1, 0.15) is 38.8 Å². The van der Waals surface area contributed by atoms with Crippen molar-refractivity contribution in [3.05, 3.63) is 75.7 Å². The maximum Gasteiger partial charge on any atom is 0.253 e. The SMILES string of the molecule is COCc1nc(-c2cc(C(=O)N3CC(c4ccc(C#N)cc4)C3)ccc2C)c(Cl)[nH]1. The van der Waals surface area contributed by atoms with Crippen LogP contribution in [0.3, 0.4) is 0 Å². The molecule has 0 spiro atoms. The number of hydrogen-bond acceptors (Lipinski definition) is 4. The van der Waals surface area contributed by atoms with Crippen molar-refractivity contribution >= 4 is 17.5 Å². The van der Waals surface area contributed by atoms with Gasteiger partial charge < -0.3 is 14.6 Å². The number of likely N-dealkylation sites (tertiary alicyclic amines) is 1. The summed E-state index contributed by atoms with van der Waals surface area (Å²) in [6.07, 6.45) is 0. The second-order valence-corrected chi connectivity index (χ2v) is 7.83. The van der Waals surface area contributed by atoms with Crippen LogP contribution >= 0.6 is 11.6 Å². The maximum atomic E-state index is 13.0. The second kappa shape index (κ2) is 8.31. The summed E-state index contributed by atoms with van der Waals surface area (Å²) in [6, 6.07) is 15.3. The molecule has 0 aliphatic carbocycles. The van der Waals surface area contributed by atoms with E-state index < -0.39 is 0 Å². The number of halogens is 1. The van der Waals surface area contributed by atoms with E-state index in [1.807, 2.05) is 54.3 Å². The van der Waals surface area contributed by atoms with Crippen LogP contribution in [0, 0.1) is 18.3 Å². The van der Waals surface area contributed by atoms with Gasteiger partial charge in [-0.05, 0) is 42.3 Å². The van der Waals surface area contributed by atoms with E-state index in [1.54, 1.807) is 7.11 Å². The van der Waals surface area contributed by atoms with Gasteiger partial charge in [0.15, 0.2) is 0 Å². The fourth-order valence-corrected chi connectivity index (χ4v) is 3.91. The van der Waals surface area contributed by atoms with Crippen LogP contribution < -0.4 is 0 Å². The molecule has 7 heteroatoms. The quantitative estimate of drug-likeness (QED) is 0.667. The third-order valence-corrected chi connectivity index (χ3v) is 5.68. The van der Waals surface area contributed by atoms with Crippen LogP contribution in [0.2, 0.25) is 5.15 Å². The van der Waals surface area contributed by atoms with Crippen molar-refractivity contribution in [3.63, 3.8) is 0 Å². The molecule has 1 fully saturated rings. The largest absolute Gasteiger partial charge is 0.377 e. The summed E-state index contributed by atoms with van der Waals surface area (Å²) in [5.74, 6) is 0.926. The van der Waals surface area contributed by atoms with Crippen molar-refractivity contribution in [1.29, 1.82) is 5.26 Å². The van der Waals surface area contributed by atoms with Crippen molar-refractivity contribution < 1.29 is 9.53 Å². The van der Waals surface area contributed by atoms with Gasteiger partial charge in [-0.2, -0.15) is 5.26 Å². The molecular weight excluding hydrogens is 400 g/mol. The summed E-state index contributed by atoms with van der Waals surface area (Å²) in [4.78, 5) is 22.4. The van der Waals surface area contributed by atoms with Crippen molar-refractivity contribution in [2.45, 2.75) is 19.4 Å². The summed E-state index contributed by atoms with van der Waals surface area (Å²) >= 11 is 6.34. The summed E-state index contributed by atoms with van der Waals surface area (Å²) in [6.45, 7) is 3.63. The van der Waals surface area contributed by atoms with E-state index in [1.165, 1.54) is 0 Å². The molecular formula is C23H21ClN4O2. The van der Waals surface area contributed by atoms with Gasteiger partial charge in [-0.15, -0.1) is 0 Å². The lowest BCUT2D eigenvalue weighted by atomic mass is 9.90. The molecule has 1 aliphatic rings. The zero-order chi connectivity index (χ0) is 21.3. The molecule has 4 rings (SSSR count). The van der Waals surface area contributed by atoms with E-state index in [0.717, 1.165) is 16.7 Å². The molecule has 1 aromatic heterocycles. The van der Waals surface area contributed by atoms with Gasteiger partial charge in [0, 0.05) is 37.2 Å². The summed E-state index contributed by atoms with van der Waals surface area (Å²) < 4.78 is 5.11. The van der Waals surface area contributed by atoms with Gasteiger partial charge in [-0.1, -0.05) is 29.8 Å². The Kier molecular flexibility index (Phi) is 5.58. The van der Waals surface area contributed by atoms with Gasteiger partial charge in [0.05, 0.1) is 11.6 Å². The minimum atomic E-state index is -0.00934. The molecule has 1 aliphatic heterocycles. The zero-order valence-corrected chi connectivity index (χ0v) is 17.5. The van der Waals surface area contributed by atoms with Crippen molar-refractivity contribution in [2.75, 3.05) is 20.2 Å². The van der Waals surface area contributed by atoms with E-state index >= 15 is 0 Å². The average Bonchev–Trinajstić information content (AvgIpc) is 3.08. The number of aromatic amines is 1. The lowest BCUT2D eigenvalue weighted by molar-refractivity contribution is 0.0602. The Hall–Kier alpha value is -3.14. The summed E-state index contributed by atoms with van der Waals surface area (Å²) in [5.41, 5.74) is 4.84. The molecule has 1 N–H and O–H groups in total. The van der Waals surface area contributed by atoms with Gasteiger partial charge >= 0.3 is 0 Å². The number of nitrogens with zero attached hydrogens (tertiary/aromatic N) is 3. The normalized spacial score (nSPS) is 13.7. The molecule has 0 saturated carbocycles. The molecule has 30 heavy (non-hydrogen) atoms. The highest BCUT2D eigenvalue weighted by Gasteiger charge is 2.32. The second-order valence-electron chi connectivity index (χ2n) is 7.45. The Bertz CT molecular complexity index is 1130. The Labute approximate surface area is 180 Å². The predicted molar refractivity (Wildman–Crippen MR) is 114 cm³/mol. The number of nitriles is 1. The molecule has 3 aromatic rings. The molecule has 2 heterocycles. The minimum Gasteiger partial charge on any atom is -0.377 e. The number of methoxy groups -OCH3 is 1. The number of imidazole rings is 1. The van der Waals surface area contributed by atoms with Crippen LogP contribution in [-0.4, -0.2) is 41.0 Å². The van der Waals surface area contributed by atoms with E-state index in [-0.39, 0.29) is 5.91 Å².